The molecule has 2 aromatic rings. The van der Waals surface area contributed by atoms with E-state index >= 15 is 0 Å². The molecule has 1 fully saturated rings. The number of carbonyl (C=O) groups is 1. The summed E-state index contributed by atoms with van der Waals surface area (Å²) in [6, 6.07) is 8.04. The van der Waals surface area contributed by atoms with Crippen molar-refractivity contribution < 1.29 is 13.9 Å². The third kappa shape index (κ3) is 3.59. The molecule has 6 heteroatoms. The Hall–Kier alpha value is -2.34. The summed E-state index contributed by atoms with van der Waals surface area (Å²) < 4.78 is 10.7. The first-order chi connectivity index (χ1) is 11.5. The number of anilines is 1. The molecule has 128 valence electrons. The van der Waals surface area contributed by atoms with E-state index in [1.54, 1.807) is 11.1 Å². The fraction of sp³-hybridized carbons (Fsp3) is 0.444. The number of benzene rings is 1. The van der Waals surface area contributed by atoms with Crippen LogP contribution in [-0.2, 0) is 11.3 Å². The van der Waals surface area contributed by atoms with E-state index in [0.29, 0.717) is 31.5 Å². The molecule has 1 saturated heterocycles. The first-order valence-electron chi connectivity index (χ1n) is 8.27. The molecule has 2 heterocycles. The molecule has 1 aliphatic rings. The highest BCUT2D eigenvalue weighted by molar-refractivity contribution is 5.89. The Kier molecular flexibility index (Phi) is 4.85. The molecule has 1 aromatic heterocycles. The number of nitrogens with one attached hydrogen (secondary N) is 1. The van der Waals surface area contributed by atoms with Crippen molar-refractivity contribution in [2.45, 2.75) is 39.3 Å². The van der Waals surface area contributed by atoms with Crippen LogP contribution >= 0.6 is 0 Å². The van der Waals surface area contributed by atoms with Gasteiger partial charge in [0.1, 0.15) is 12.4 Å². The SMILES string of the molecule is CC(C)c1cnc(CNC(C)c2cccc(N3CCOC3=O)c2)o1. The van der Waals surface area contributed by atoms with Gasteiger partial charge in [-0.25, -0.2) is 9.78 Å². The van der Waals surface area contributed by atoms with Crippen LogP contribution in [0.2, 0.25) is 0 Å². The van der Waals surface area contributed by atoms with Gasteiger partial charge in [-0.15, -0.1) is 0 Å². The highest BCUT2D eigenvalue weighted by atomic mass is 16.6. The molecule has 6 nitrogen and oxygen atoms in total. The quantitative estimate of drug-likeness (QED) is 0.877. The normalized spacial score (nSPS) is 15.8. The number of hydrogen-bond donors (Lipinski definition) is 1. The number of amides is 1. The first-order valence-corrected chi connectivity index (χ1v) is 8.27. The molecule has 24 heavy (non-hydrogen) atoms. The van der Waals surface area contributed by atoms with Gasteiger partial charge in [-0.05, 0) is 24.6 Å². The van der Waals surface area contributed by atoms with E-state index in [0.717, 1.165) is 17.0 Å². The van der Waals surface area contributed by atoms with Crippen LogP contribution in [0.5, 0.6) is 0 Å². The highest BCUT2D eigenvalue weighted by Gasteiger charge is 2.23. The van der Waals surface area contributed by atoms with Crippen LogP contribution in [0.1, 0.15) is 49.9 Å². The molecular formula is C18H23N3O3. The lowest BCUT2D eigenvalue weighted by Gasteiger charge is -2.17. The summed E-state index contributed by atoms with van der Waals surface area (Å²) in [4.78, 5) is 17.6. The summed E-state index contributed by atoms with van der Waals surface area (Å²) in [6.45, 7) is 7.83. The Morgan fingerprint density at radius 2 is 2.17 bits per heavy atom. The molecule has 0 spiro atoms. The number of aromatic nitrogens is 1. The zero-order valence-electron chi connectivity index (χ0n) is 14.3. The number of cyclic esters (lactones) is 1. The fourth-order valence-corrected chi connectivity index (χ4v) is 2.62. The zero-order valence-corrected chi connectivity index (χ0v) is 14.3. The van der Waals surface area contributed by atoms with E-state index in [2.05, 4.69) is 31.1 Å². The maximum absolute atomic E-state index is 11.7. The number of rotatable bonds is 6. The van der Waals surface area contributed by atoms with Gasteiger partial charge in [-0.3, -0.25) is 4.90 Å². The highest BCUT2D eigenvalue weighted by Crippen LogP contribution is 2.23. The van der Waals surface area contributed by atoms with E-state index < -0.39 is 0 Å². The Bertz CT molecular complexity index is 711. The molecule has 1 amide bonds. The molecule has 0 aliphatic carbocycles. The van der Waals surface area contributed by atoms with Gasteiger partial charge < -0.3 is 14.5 Å². The molecule has 0 bridgehead atoms. The van der Waals surface area contributed by atoms with Crippen molar-refractivity contribution >= 4 is 11.8 Å². The molecule has 0 saturated carbocycles. The van der Waals surface area contributed by atoms with Gasteiger partial charge in [0.05, 0.1) is 19.3 Å². The molecule has 1 atom stereocenters. The van der Waals surface area contributed by atoms with Crippen LogP contribution in [0.25, 0.3) is 0 Å². The van der Waals surface area contributed by atoms with Crippen LogP contribution in [0, 0.1) is 0 Å². The third-order valence-electron chi connectivity index (χ3n) is 4.14. The number of nitrogens with zero attached hydrogens (tertiary/aromatic N) is 2. The Morgan fingerprint density at radius 1 is 1.33 bits per heavy atom. The Balaban J connectivity index is 1.64. The van der Waals surface area contributed by atoms with Gasteiger partial charge in [0.15, 0.2) is 0 Å². The molecule has 1 N–H and O–H groups in total. The smallest absolute Gasteiger partial charge is 0.414 e. The number of carbonyl (C=O) groups excluding carboxylic acids is 1. The lowest BCUT2D eigenvalue weighted by atomic mass is 10.1. The minimum absolute atomic E-state index is 0.109. The third-order valence-corrected chi connectivity index (χ3v) is 4.14. The average molecular weight is 329 g/mol. The van der Waals surface area contributed by atoms with Gasteiger partial charge in [0, 0.05) is 17.6 Å². The van der Waals surface area contributed by atoms with Crippen LogP contribution < -0.4 is 10.2 Å². The largest absolute Gasteiger partial charge is 0.447 e. The number of oxazole rings is 1. The van der Waals surface area contributed by atoms with Crippen molar-refractivity contribution in [3.05, 3.63) is 47.7 Å². The van der Waals surface area contributed by atoms with Gasteiger partial charge in [0.25, 0.3) is 0 Å². The Labute approximate surface area is 141 Å². The predicted molar refractivity (Wildman–Crippen MR) is 91.0 cm³/mol. The van der Waals surface area contributed by atoms with Gasteiger partial charge in [-0.2, -0.15) is 0 Å². The molecule has 1 aliphatic heterocycles. The van der Waals surface area contributed by atoms with E-state index in [1.165, 1.54) is 0 Å². The average Bonchev–Trinajstić information content (AvgIpc) is 3.21. The van der Waals surface area contributed by atoms with Crippen molar-refractivity contribution in [1.82, 2.24) is 10.3 Å². The standard InChI is InChI=1S/C18H23N3O3/c1-12(2)16-10-20-17(24-16)11-19-13(3)14-5-4-6-15(9-14)21-7-8-23-18(21)22/h4-6,9-10,12-13,19H,7-8,11H2,1-3H3. The molecule has 1 unspecified atom stereocenters. The maximum Gasteiger partial charge on any atom is 0.414 e. The zero-order chi connectivity index (χ0) is 17.1. The van der Waals surface area contributed by atoms with Gasteiger partial charge in [-0.1, -0.05) is 26.0 Å². The van der Waals surface area contributed by atoms with Crippen LogP contribution in [0.3, 0.4) is 0 Å². The molecule has 1 aromatic carbocycles. The summed E-state index contributed by atoms with van der Waals surface area (Å²) >= 11 is 0. The fourth-order valence-electron chi connectivity index (χ4n) is 2.62. The predicted octanol–water partition coefficient (Wildman–Crippen LogP) is 3.61. The second-order valence-electron chi connectivity index (χ2n) is 6.27. The summed E-state index contributed by atoms with van der Waals surface area (Å²) in [6.07, 6.45) is 1.50. The van der Waals surface area contributed by atoms with Gasteiger partial charge >= 0.3 is 6.09 Å². The first kappa shape index (κ1) is 16.5. The number of ether oxygens (including phenoxy) is 1. The monoisotopic (exact) mass is 329 g/mol. The summed E-state index contributed by atoms with van der Waals surface area (Å²) in [7, 11) is 0. The topological polar surface area (TPSA) is 67.6 Å². The minimum Gasteiger partial charge on any atom is -0.447 e. The number of hydrogen-bond acceptors (Lipinski definition) is 5. The van der Waals surface area contributed by atoms with Crippen LogP contribution in [-0.4, -0.2) is 24.2 Å². The Morgan fingerprint density at radius 3 is 2.83 bits per heavy atom. The van der Waals surface area contributed by atoms with Crippen molar-refractivity contribution in [3.8, 4) is 0 Å². The molecular weight excluding hydrogens is 306 g/mol. The lowest BCUT2D eigenvalue weighted by Crippen LogP contribution is -2.24. The minimum atomic E-state index is -0.284. The van der Waals surface area contributed by atoms with Crippen molar-refractivity contribution in [2.24, 2.45) is 0 Å². The van der Waals surface area contributed by atoms with Crippen molar-refractivity contribution in [1.29, 1.82) is 0 Å². The lowest BCUT2D eigenvalue weighted by molar-refractivity contribution is 0.181. The van der Waals surface area contributed by atoms with E-state index in [-0.39, 0.29) is 12.1 Å². The second kappa shape index (κ2) is 7.05. The van der Waals surface area contributed by atoms with Crippen molar-refractivity contribution in [3.63, 3.8) is 0 Å². The van der Waals surface area contributed by atoms with Crippen molar-refractivity contribution in [2.75, 3.05) is 18.1 Å². The van der Waals surface area contributed by atoms with E-state index in [9.17, 15) is 4.79 Å². The van der Waals surface area contributed by atoms with Gasteiger partial charge in [0.2, 0.25) is 5.89 Å². The second-order valence-corrected chi connectivity index (χ2v) is 6.27. The maximum atomic E-state index is 11.7. The van der Waals surface area contributed by atoms with E-state index in [4.69, 9.17) is 9.15 Å². The molecule has 0 radical (unpaired) electrons. The summed E-state index contributed by atoms with van der Waals surface area (Å²) in [5.74, 6) is 1.92. The summed E-state index contributed by atoms with van der Waals surface area (Å²) in [5, 5.41) is 3.41. The molecule has 3 rings (SSSR count). The van der Waals surface area contributed by atoms with E-state index in [1.807, 2.05) is 24.3 Å². The van der Waals surface area contributed by atoms with Crippen LogP contribution in [0.15, 0.2) is 34.9 Å². The van der Waals surface area contributed by atoms with Crippen LogP contribution in [0.4, 0.5) is 10.5 Å². The summed E-state index contributed by atoms with van der Waals surface area (Å²) in [5.41, 5.74) is 1.96.